The maximum Gasteiger partial charge on any atom is 0.256 e. The van der Waals surface area contributed by atoms with Crippen LogP contribution in [0.15, 0.2) is 29.2 Å². The summed E-state index contributed by atoms with van der Waals surface area (Å²) in [6.45, 7) is 3.18. The number of rotatable bonds is 6. The van der Waals surface area contributed by atoms with Gasteiger partial charge in [-0.15, -0.1) is 0 Å². The van der Waals surface area contributed by atoms with E-state index in [2.05, 4.69) is 10.4 Å². The Kier molecular flexibility index (Phi) is 6.54. The maximum absolute atomic E-state index is 12.9. The predicted octanol–water partition coefficient (Wildman–Crippen LogP) is 2.03. The van der Waals surface area contributed by atoms with Crippen LogP contribution in [0.5, 0.6) is 0 Å². The van der Waals surface area contributed by atoms with Crippen molar-refractivity contribution in [1.29, 1.82) is 5.26 Å². The lowest BCUT2D eigenvalue weighted by molar-refractivity contribution is 0.0730. The summed E-state index contributed by atoms with van der Waals surface area (Å²) in [6.07, 6.45) is 0.243. The number of ether oxygens (including phenoxy) is 1. The first kappa shape index (κ1) is 21.3. The normalized spacial score (nSPS) is 15.1. The van der Waals surface area contributed by atoms with Gasteiger partial charge in [0.2, 0.25) is 10.0 Å². The van der Waals surface area contributed by atoms with Crippen LogP contribution in [0.3, 0.4) is 0 Å². The molecule has 0 bridgehead atoms. The van der Waals surface area contributed by atoms with E-state index < -0.39 is 15.9 Å². The molecule has 29 heavy (non-hydrogen) atoms. The highest BCUT2D eigenvalue weighted by atomic mass is 35.5. The van der Waals surface area contributed by atoms with E-state index in [-0.39, 0.29) is 35.0 Å². The minimum absolute atomic E-state index is 0.0444. The molecule has 1 aliphatic rings. The molecule has 9 nitrogen and oxygen atoms in total. The van der Waals surface area contributed by atoms with Crippen molar-refractivity contribution < 1.29 is 17.9 Å². The average molecular weight is 438 g/mol. The number of nitriles is 1. The quantitative estimate of drug-likeness (QED) is 0.738. The molecule has 2 heterocycles. The Hall–Kier alpha value is -2.45. The summed E-state index contributed by atoms with van der Waals surface area (Å²) < 4.78 is 33.9. The van der Waals surface area contributed by atoms with Gasteiger partial charge in [0.1, 0.15) is 10.7 Å². The van der Waals surface area contributed by atoms with E-state index in [4.69, 9.17) is 21.6 Å². The third-order valence-corrected chi connectivity index (χ3v) is 6.74. The van der Waals surface area contributed by atoms with Gasteiger partial charge < -0.3 is 10.1 Å². The van der Waals surface area contributed by atoms with Gasteiger partial charge in [-0.2, -0.15) is 14.7 Å². The summed E-state index contributed by atoms with van der Waals surface area (Å²) >= 11 is 6.14. The van der Waals surface area contributed by atoms with Gasteiger partial charge in [0, 0.05) is 24.7 Å². The summed E-state index contributed by atoms with van der Waals surface area (Å²) in [5.41, 5.74) is 0.830. The maximum atomic E-state index is 12.9. The molecule has 1 aromatic heterocycles. The largest absolute Gasteiger partial charge is 0.379 e. The van der Waals surface area contributed by atoms with Crippen molar-refractivity contribution in [3.8, 4) is 6.07 Å². The van der Waals surface area contributed by atoms with Gasteiger partial charge in [0.15, 0.2) is 0 Å². The molecule has 1 saturated heterocycles. The number of carbonyl (C=O) groups excluding carboxylic acids is 1. The van der Waals surface area contributed by atoms with E-state index in [9.17, 15) is 13.2 Å². The standard InChI is InChI=1S/C18H20ClN5O4S/c1-13-11-17(24(22-13)6-2-5-20)21-18(25)14-3-4-15(19)16(12-14)29(26,27)23-7-9-28-10-8-23/h3-4,11-12H,2,6-10H2,1H3,(H,21,25). The summed E-state index contributed by atoms with van der Waals surface area (Å²) in [5, 5.41) is 15.8. The molecular weight excluding hydrogens is 418 g/mol. The van der Waals surface area contributed by atoms with Crippen LogP contribution in [-0.2, 0) is 21.3 Å². The zero-order valence-electron chi connectivity index (χ0n) is 15.8. The molecule has 0 saturated carbocycles. The fourth-order valence-electron chi connectivity index (χ4n) is 2.93. The zero-order chi connectivity index (χ0) is 21.0. The predicted molar refractivity (Wildman–Crippen MR) is 106 cm³/mol. The minimum Gasteiger partial charge on any atom is -0.379 e. The Labute approximate surface area is 173 Å². The third-order valence-electron chi connectivity index (χ3n) is 4.36. The Balaban J connectivity index is 1.86. The highest BCUT2D eigenvalue weighted by molar-refractivity contribution is 7.89. The Morgan fingerprint density at radius 3 is 2.76 bits per heavy atom. The van der Waals surface area contributed by atoms with Crippen LogP contribution < -0.4 is 5.32 Å². The molecule has 1 aliphatic heterocycles. The molecule has 1 fully saturated rings. The molecule has 0 unspecified atom stereocenters. The third kappa shape index (κ3) is 4.76. The van der Waals surface area contributed by atoms with Gasteiger partial charge in [-0.1, -0.05) is 11.6 Å². The van der Waals surface area contributed by atoms with Crippen LogP contribution in [0.1, 0.15) is 22.5 Å². The molecular formula is C18H20ClN5O4S. The number of hydrogen-bond donors (Lipinski definition) is 1. The number of amides is 1. The number of anilines is 1. The SMILES string of the molecule is Cc1cc(NC(=O)c2ccc(Cl)c(S(=O)(=O)N3CCOCC3)c2)n(CCC#N)n1. The van der Waals surface area contributed by atoms with E-state index >= 15 is 0 Å². The molecule has 0 spiro atoms. The van der Waals surface area contributed by atoms with E-state index in [1.54, 1.807) is 13.0 Å². The Morgan fingerprint density at radius 2 is 2.07 bits per heavy atom. The fraction of sp³-hybridized carbons (Fsp3) is 0.389. The number of morpholine rings is 1. The number of sulfonamides is 1. The zero-order valence-corrected chi connectivity index (χ0v) is 17.3. The first-order valence-corrected chi connectivity index (χ1v) is 10.7. The second-order valence-electron chi connectivity index (χ2n) is 6.42. The van der Waals surface area contributed by atoms with Crippen LogP contribution in [0.25, 0.3) is 0 Å². The molecule has 0 atom stereocenters. The van der Waals surface area contributed by atoms with Gasteiger partial charge in [-0.25, -0.2) is 13.1 Å². The summed E-state index contributed by atoms with van der Waals surface area (Å²) in [5.74, 6) is -0.0755. The van der Waals surface area contributed by atoms with E-state index in [1.165, 1.54) is 27.2 Å². The smallest absolute Gasteiger partial charge is 0.256 e. The number of nitrogens with zero attached hydrogens (tertiary/aromatic N) is 4. The Morgan fingerprint density at radius 1 is 1.34 bits per heavy atom. The number of halogens is 1. The van der Waals surface area contributed by atoms with Gasteiger partial charge in [0.25, 0.3) is 5.91 Å². The van der Waals surface area contributed by atoms with Crippen LogP contribution in [0, 0.1) is 18.3 Å². The van der Waals surface area contributed by atoms with Crippen LogP contribution in [-0.4, -0.2) is 54.7 Å². The van der Waals surface area contributed by atoms with Crippen molar-refractivity contribution >= 4 is 33.3 Å². The number of carbonyl (C=O) groups is 1. The summed E-state index contributed by atoms with van der Waals surface area (Å²) in [6, 6.07) is 7.83. The lowest BCUT2D eigenvalue weighted by Crippen LogP contribution is -2.40. The van der Waals surface area contributed by atoms with E-state index in [0.29, 0.717) is 31.3 Å². The first-order chi connectivity index (χ1) is 13.8. The number of nitrogens with one attached hydrogen (secondary N) is 1. The van der Waals surface area contributed by atoms with Crippen LogP contribution in [0.2, 0.25) is 5.02 Å². The highest BCUT2D eigenvalue weighted by Crippen LogP contribution is 2.27. The average Bonchev–Trinajstić information content (AvgIpc) is 3.06. The minimum atomic E-state index is -3.85. The van der Waals surface area contributed by atoms with Crippen molar-refractivity contribution in [2.45, 2.75) is 24.8 Å². The number of aryl methyl sites for hydroxylation is 2. The molecule has 2 aromatic rings. The molecule has 1 aromatic carbocycles. The van der Waals surface area contributed by atoms with Crippen molar-refractivity contribution in [2.75, 3.05) is 31.6 Å². The molecule has 0 aliphatic carbocycles. The van der Waals surface area contributed by atoms with Crippen molar-refractivity contribution in [1.82, 2.24) is 14.1 Å². The molecule has 154 valence electrons. The number of hydrogen-bond acceptors (Lipinski definition) is 6. The van der Waals surface area contributed by atoms with Crippen molar-refractivity contribution in [3.63, 3.8) is 0 Å². The van der Waals surface area contributed by atoms with Crippen LogP contribution >= 0.6 is 11.6 Å². The first-order valence-electron chi connectivity index (χ1n) is 8.93. The Bertz CT molecular complexity index is 1050. The van der Waals surface area contributed by atoms with Gasteiger partial charge in [-0.3, -0.25) is 4.79 Å². The molecule has 1 N–H and O–H groups in total. The molecule has 11 heteroatoms. The van der Waals surface area contributed by atoms with Gasteiger partial charge in [-0.05, 0) is 25.1 Å². The summed E-state index contributed by atoms with van der Waals surface area (Å²) in [4.78, 5) is 12.6. The lowest BCUT2D eigenvalue weighted by atomic mass is 10.2. The number of aromatic nitrogens is 2. The summed E-state index contributed by atoms with van der Waals surface area (Å²) in [7, 11) is -3.85. The lowest BCUT2D eigenvalue weighted by Gasteiger charge is -2.26. The fourth-order valence-corrected chi connectivity index (χ4v) is 4.84. The van der Waals surface area contributed by atoms with Gasteiger partial charge in [0.05, 0.1) is 43.0 Å². The number of benzene rings is 1. The van der Waals surface area contributed by atoms with Gasteiger partial charge >= 0.3 is 0 Å². The van der Waals surface area contributed by atoms with E-state index in [0.717, 1.165) is 0 Å². The van der Waals surface area contributed by atoms with Crippen LogP contribution in [0.4, 0.5) is 5.82 Å². The topological polar surface area (TPSA) is 117 Å². The van der Waals surface area contributed by atoms with Crippen molar-refractivity contribution in [2.24, 2.45) is 0 Å². The molecule has 3 rings (SSSR count). The molecule has 0 radical (unpaired) electrons. The molecule has 1 amide bonds. The highest BCUT2D eigenvalue weighted by Gasteiger charge is 2.29. The monoisotopic (exact) mass is 437 g/mol. The van der Waals surface area contributed by atoms with Crippen molar-refractivity contribution in [3.05, 3.63) is 40.5 Å². The second kappa shape index (κ2) is 8.92. The van der Waals surface area contributed by atoms with E-state index in [1.807, 2.05) is 6.07 Å². The second-order valence-corrected chi connectivity index (χ2v) is 8.73.